The van der Waals surface area contributed by atoms with E-state index in [1.807, 2.05) is 25.4 Å². The Labute approximate surface area is 194 Å². The van der Waals surface area contributed by atoms with Gasteiger partial charge in [0.15, 0.2) is 16.8 Å². The lowest BCUT2D eigenvalue weighted by molar-refractivity contribution is -0.0435. The summed E-state index contributed by atoms with van der Waals surface area (Å²) in [5.74, 6) is 2.36. The normalized spacial score (nSPS) is 14.9. The zero-order chi connectivity index (χ0) is 23.3. The largest absolute Gasteiger partial charge is 0.394 e. The molecule has 1 aliphatic rings. The maximum Gasteiger partial charge on any atom is 0.191 e. The van der Waals surface area contributed by atoms with Crippen LogP contribution in [0.5, 0.6) is 0 Å². The molecular formula is C22H36N6O3S. The van der Waals surface area contributed by atoms with Crippen LogP contribution in [0.2, 0.25) is 0 Å². The number of nitrogens with two attached hydrogens (primary N) is 2. The summed E-state index contributed by atoms with van der Waals surface area (Å²) in [6, 6.07) is 4.16. The number of anilines is 3. The minimum Gasteiger partial charge on any atom is -0.394 e. The summed E-state index contributed by atoms with van der Waals surface area (Å²) in [5, 5.41) is 22.5. The molecule has 32 heavy (non-hydrogen) atoms. The third-order valence-electron chi connectivity index (χ3n) is 4.86. The minimum atomic E-state index is -0.756. The Balaban J connectivity index is 0.000000329. The molecule has 2 atom stereocenters. The molecule has 0 saturated heterocycles. The number of pyridine rings is 1. The summed E-state index contributed by atoms with van der Waals surface area (Å²) in [4.78, 5) is 12.5. The number of nitrogen functional groups attached to an aromatic ring is 2. The van der Waals surface area contributed by atoms with Crippen molar-refractivity contribution < 1.29 is 14.9 Å². The summed E-state index contributed by atoms with van der Waals surface area (Å²) in [5.41, 5.74) is 13.4. The van der Waals surface area contributed by atoms with Gasteiger partial charge in [-0.25, -0.2) is 9.97 Å². The Morgan fingerprint density at radius 1 is 1.28 bits per heavy atom. The zero-order valence-corrected chi connectivity index (χ0v) is 19.7. The van der Waals surface area contributed by atoms with Crippen LogP contribution >= 0.6 is 11.8 Å². The van der Waals surface area contributed by atoms with Gasteiger partial charge >= 0.3 is 0 Å². The van der Waals surface area contributed by atoms with Crippen LogP contribution in [0.1, 0.15) is 51.0 Å². The first-order valence-electron chi connectivity index (χ1n) is 11.1. The van der Waals surface area contributed by atoms with Crippen molar-refractivity contribution in [2.45, 2.75) is 62.8 Å². The van der Waals surface area contributed by atoms with Crippen molar-refractivity contribution in [2.24, 2.45) is 0 Å². The summed E-state index contributed by atoms with van der Waals surface area (Å²) in [7, 11) is 0. The molecule has 1 saturated carbocycles. The molecule has 0 radical (unpaired) electrons. The standard InChI is InChI=1S/C14H27N5O3S.C8H9N/c1-3-7-23-14-18-12(16)11(15)13(19-14)17-8-9(21)10(4-2)22-6-5-20;1-2-8(6-9-5-1)7-3-4-7/h9-10,20-21H,3-8,15H2,1-2H3,(H3,16,17,18,19);1-2,5-7H,3-4H2/t9-,10?;/m0./s1. The van der Waals surface area contributed by atoms with Crippen molar-refractivity contribution in [1.29, 1.82) is 0 Å². The summed E-state index contributed by atoms with van der Waals surface area (Å²) < 4.78 is 5.39. The predicted molar refractivity (Wildman–Crippen MR) is 130 cm³/mol. The topological polar surface area (TPSA) is 152 Å². The molecule has 1 unspecified atom stereocenters. The lowest BCUT2D eigenvalue weighted by Gasteiger charge is -2.22. The van der Waals surface area contributed by atoms with Crippen LogP contribution in [0.3, 0.4) is 0 Å². The van der Waals surface area contributed by atoms with Gasteiger partial charge in [0.05, 0.1) is 25.4 Å². The second kappa shape index (κ2) is 14.1. The molecule has 7 N–H and O–H groups in total. The summed E-state index contributed by atoms with van der Waals surface area (Å²) >= 11 is 1.50. The fourth-order valence-corrected chi connectivity index (χ4v) is 3.64. The van der Waals surface area contributed by atoms with E-state index >= 15 is 0 Å². The third-order valence-corrected chi connectivity index (χ3v) is 5.91. The molecule has 0 amide bonds. The number of aromatic nitrogens is 3. The van der Waals surface area contributed by atoms with Gasteiger partial charge in [-0.1, -0.05) is 31.7 Å². The maximum absolute atomic E-state index is 10.2. The Bertz CT molecular complexity index is 795. The number of thioether (sulfide) groups is 1. The van der Waals surface area contributed by atoms with E-state index in [-0.39, 0.29) is 37.4 Å². The number of hydrogen-bond donors (Lipinski definition) is 5. The van der Waals surface area contributed by atoms with Gasteiger partial charge < -0.3 is 31.7 Å². The Kier molecular flexibility index (Phi) is 11.5. The van der Waals surface area contributed by atoms with E-state index < -0.39 is 6.10 Å². The molecule has 0 bridgehead atoms. The van der Waals surface area contributed by atoms with Crippen LogP contribution in [0.15, 0.2) is 29.7 Å². The molecule has 2 heterocycles. The van der Waals surface area contributed by atoms with E-state index in [4.69, 9.17) is 21.3 Å². The molecule has 1 aliphatic carbocycles. The molecule has 10 heteroatoms. The molecular weight excluding hydrogens is 428 g/mol. The number of hydrogen-bond acceptors (Lipinski definition) is 10. The number of nitrogens with one attached hydrogen (secondary N) is 1. The second-order valence-corrected chi connectivity index (χ2v) is 8.61. The van der Waals surface area contributed by atoms with Crippen molar-refractivity contribution in [1.82, 2.24) is 15.0 Å². The first-order chi connectivity index (χ1) is 15.5. The van der Waals surface area contributed by atoms with Gasteiger partial charge in [-0.05, 0) is 43.2 Å². The van der Waals surface area contributed by atoms with Crippen molar-refractivity contribution in [3.05, 3.63) is 30.1 Å². The van der Waals surface area contributed by atoms with Crippen molar-refractivity contribution in [3.8, 4) is 0 Å². The molecule has 0 aromatic carbocycles. The van der Waals surface area contributed by atoms with E-state index in [1.165, 1.54) is 30.2 Å². The van der Waals surface area contributed by atoms with Crippen molar-refractivity contribution in [3.63, 3.8) is 0 Å². The minimum absolute atomic E-state index is 0.0793. The second-order valence-electron chi connectivity index (χ2n) is 7.55. The average molecular weight is 465 g/mol. The zero-order valence-electron chi connectivity index (χ0n) is 18.9. The first-order valence-corrected chi connectivity index (χ1v) is 12.1. The van der Waals surface area contributed by atoms with Crippen LogP contribution < -0.4 is 16.8 Å². The van der Waals surface area contributed by atoms with Gasteiger partial charge in [0.25, 0.3) is 0 Å². The number of rotatable bonds is 12. The SMILES string of the molecule is CCCSc1nc(N)c(N)c(NC[C@H](O)C(CC)OCCO)n1.c1cncc(C2CC2)c1. The summed E-state index contributed by atoms with van der Waals surface area (Å²) in [6.07, 6.45) is 7.03. The van der Waals surface area contributed by atoms with Gasteiger partial charge in [0, 0.05) is 24.7 Å². The molecule has 0 spiro atoms. The van der Waals surface area contributed by atoms with E-state index in [0.717, 1.165) is 18.1 Å². The third kappa shape index (κ3) is 8.78. The molecule has 178 valence electrons. The fourth-order valence-electron chi connectivity index (χ4n) is 2.93. The number of aliphatic hydroxyl groups excluding tert-OH is 2. The highest BCUT2D eigenvalue weighted by Gasteiger charge is 2.23. The Morgan fingerprint density at radius 2 is 2.06 bits per heavy atom. The molecule has 3 rings (SSSR count). The first kappa shape index (κ1) is 26.1. The van der Waals surface area contributed by atoms with Crippen LogP contribution in [-0.2, 0) is 4.74 Å². The van der Waals surface area contributed by atoms with E-state index in [9.17, 15) is 5.11 Å². The molecule has 0 aliphatic heterocycles. The van der Waals surface area contributed by atoms with Gasteiger partial charge in [-0.3, -0.25) is 4.98 Å². The smallest absolute Gasteiger partial charge is 0.191 e. The van der Waals surface area contributed by atoms with Crippen LogP contribution in [0.4, 0.5) is 17.3 Å². The monoisotopic (exact) mass is 464 g/mol. The molecule has 2 aromatic rings. The average Bonchev–Trinajstić information content (AvgIpc) is 3.66. The summed E-state index contributed by atoms with van der Waals surface area (Å²) in [6.45, 7) is 4.30. The lowest BCUT2D eigenvalue weighted by Crippen LogP contribution is -2.35. The van der Waals surface area contributed by atoms with E-state index in [0.29, 0.717) is 17.4 Å². The van der Waals surface area contributed by atoms with Gasteiger partial charge in [0.1, 0.15) is 5.69 Å². The van der Waals surface area contributed by atoms with Gasteiger partial charge in [-0.2, -0.15) is 0 Å². The maximum atomic E-state index is 10.2. The molecule has 2 aromatic heterocycles. The highest BCUT2D eigenvalue weighted by Crippen LogP contribution is 2.39. The number of nitrogens with zero attached hydrogens (tertiary/aromatic N) is 3. The Morgan fingerprint density at radius 3 is 2.66 bits per heavy atom. The van der Waals surface area contributed by atoms with Crippen molar-refractivity contribution >= 4 is 29.1 Å². The van der Waals surface area contributed by atoms with Gasteiger partial charge in [0.2, 0.25) is 0 Å². The highest BCUT2D eigenvalue weighted by molar-refractivity contribution is 7.99. The lowest BCUT2D eigenvalue weighted by atomic mass is 10.1. The van der Waals surface area contributed by atoms with E-state index in [1.54, 1.807) is 0 Å². The van der Waals surface area contributed by atoms with Crippen molar-refractivity contribution in [2.75, 3.05) is 42.3 Å². The quantitative estimate of drug-likeness (QED) is 0.234. The Hall–Kier alpha value is -2.14. The van der Waals surface area contributed by atoms with Crippen LogP contribution in [0, 0.1) is 0 Å². The fraction of sp³-hybridized carbons (Fsp3) is 0.591. The number of aliphatic hydroxyl groups is 2. The molecule has 9 nitrogen and oxygen atoms in total. The van der Waals surface area contributed by atoms with E-state index in [2.05, 4.69) is 33.3 Å². The highest BCUT2D eigenvalue weighted by atomic mass is 32.2. The molecule has 1 fully saturated rings. The van der Waals surface area contributed by atoms with Crippen LogP contribution in [0.25, 0.3) is 0 Å². The predicted octanol–water partition coefficient (Wildman–Crippen LogP) is 2.66. The van der Waals surface area contributed by atoms with Gasteiger partial charge in [-0.15, -0.1) is 0 Å². The van der Waals surface area contributed by atoms with Crippen LogP contribution in [-0.4, -0.2) is 62.9 Å². The number of ether oxygens (including phenoxy) is 1.